The predicted molar refractivity (Wildman–Crippen MR) is 154 cm³/mol. The molecule has 38 heavy (non-hydrogen) atoms. The Bertz CT molecular complexity index is 1530. The molecule has 2 aliphatic rings. The van der Waals surface area contributed by atoms with Crippen LogP contribution in [0, 0.1) is 12.3 Å². The Labute approximate surface area is 234 Å². The van der Waals surface area contributed by atoms with Gasteiger partial charge < -0.3 is 9.47 Å². The first-order valence-corrected chi connectivity index (χ1v) is 13.3. The number of amides is 1. The van der Waals surface area contributed by atoms with Crippen LogP contribution in [0.1, 0.15) is 29.2 Å². The molecule has 0 saturated heterocycles. The predicted octanol–water partition coefficient (Wildman–Crippen LogP) is 6.95. The maximum Gasteiger partial charge on any atom is 0.283 e. The smallest absolute Gasteiger partial charge is 0.283 e. The van der Waals surface area contributed by atoms with Crippen LogP contribution in [0.2, 0.25) is 10.0 Å². The summed E-state index contributed by atoms with van der Waals surface area (Å²) in [4.78, 5) is 17.0. The number of halogens is 2. The van der Waals surface area contributed by atoms with Crippen LogP contribution in [-0.4, -0.2) is 33.6 Å². The number of hydrogen-bond acceptors (Lipinski definition) is 6. The van der Waals surface area contributed by atoms with E-state index >= 15 is 0 Å². The van der Waals surface area contributed by atoms with Gasteiger partial charge in [-0.05, 0) is 67.1 Å². The van der Waals surface area contributed by atoms with Gasteiger partial charge in [-0.3, -0.25) is 10.2 Å². The molecule has 0 radical (unpaired) electrons. The average molecular weight is 565 g/mol. The zero-order valence-corrected chi connectivity index (χ0v) is 22.8. The van der Waals surface area contributed by atoms with Crippen molar-refractivity contribution < 1.29 is 14.3 Å². The second kappa shape index (κ2) is 11.0. The van der Waals surface area contributed by atoms with Crippen molar-refractivity contribution in [3.8, 4) is 11.5 Å². The van der Waals surface area contributed by atoms with Crippen LogP contribution in [0.5, 0.6) is 11.5 Å². The van der Waals surface area contributed by atoms with Crippen molar-refractivity contribution in [2.24, 2.45) is 10.1 Å². The summed E-state index contributed by atoms with van der Waals surface area (Å²) in [5, 5.41) is 16.6. The number of carbonyl (C=O) groups is 1. The second-order valence-electron chi connectivity index (χ2n) is 8.47. The summed E-state index contributed by atoms with van der Waals surface area (Å²) < 4.78 is 11.8. The van der Waals surface area contributed by atoms with Crippen LogP contribution in [0.25, 0.3) is 6.08 Å². The zero-order valence-electron chi connectivity index (χ0n) is 20.5. The summed E-state index contributed by atoms with van der Waals surface area (Å²) in [6.07, 6.45) is 1.61. The number of rotatable bonds is 7. The number of hydrazone groups is 1. The summed E-state index contributed by atoms with van der Waals surface area (Å²) in [6.45, 7) is 4.58. The van der Waals surface area contributed by atoms with E-state index in [1.54, 1.807) is 36.4 Å². The van der Waals surface area contributed by atoms with E-state index in [1.807, 2.05) is 44.2 Å². The van der Waals surface area contributed by atoms with Gasteiger partial charge in [-0.2, -0.15) is 15.1 Å². The number of nitrogens with zero attached hydrogens (tertiary/aromatic N) is 3. The van der Waals surface area contributed by atoms with Crippen molar-refractivity contribution in [2.45, 2.75) is 20.5 Å². The average Bonchev–Trinajstić information content (AvgIpc) is 3.33. The molecule has 0 atom stereocenters. The summed E-state index contributed by atoms with van der Waals surface area (Å²) in [5.74, 6) is 0.519. The first-order chi connectivity index (χ1) is 18.3. The van der Waals surface area contributed by atoms with Crippen molar-refractivity contribution in [3.05, 3.63) is 98.5 Å². The molecule has 3 aromatic carbocycles. The SMILES string of the molecule is CCOc1cc(/C=C2/C(=N)N3N=C(c4ccc(C)cc4)SC3=NC2=O)ccc1OCc1ccc(Cl)c(Cl)c1. The Balaban J connectivity index is 1.38. The van der Waals surface area contributed by atoms with Crippen molar-refractivity contribution in [2.75, 3.05) is 6.61 Å². The van der Waals surface area contributed by atoms with E-state index in [4.69, 9.17) is 38.1 Å². The highest BCUT2D eigenvalue weighted by Crippen LogP contribution is 2.33. The van der Waals surface area contributed by atoms with Gasteiger partial charge in [0, 0.05) is 5.56 Å². The molecule has 0 bridgehead atoms. The molecule has 7 nitrogen and oxygen atoms in total. The fourth-order valence-electron chi connectivity index (χ4n) is 3.76. The molecule has 1 amide bonds. The maximum absolute atomic E-state index is 12.9. The van der Waals surface area contributed by atoms with Gasteiger partial charge in [0.05, 0.1) is 22.2 Å². The van der Waals surface area contributed by atoms with Crippen molar-refractivity contribution >= 4 is 63.0 Å². The lowest BCUT2D eigenvalue weighted by molar-refractivity contribution is -0.114. The molecule has 0 unspecified atom stereocenters. The van der Waals surface area contributed by atoms with E-state index in [-0.39, 0.29) is 18.0 Å². The lowest BCUT2D eigenvalue weighted by Gasteiger charge is -2.20. The molecular formula is C28H22Cl2N4O3S. The summed E-state index contributed by atoms with van der Waals surface area (Å²) >= 11 is 13.4. The Kier molecular flexibility index (Phi) is 7.56. The van der Waals surface area contributed by atoms with E-state index in [9.17, 15) is 4.79 Å². The lowest BCUT2D eigenvalue weighted by Crippen LogP contribution is -2.35. The minimum Gasteiger partial charge on any atom is -0.490 e. The number of aliphatic imine (C=N–C) groups is 1. The van der Waals surface area contributed by atoms with Gasteiger partial charge >= 0.3 is 0 Å². The second-order valence-corrected chi connectivity index (χ2v) is 10.2. The Morgan fingerprint density at radius 2 is 1.79 bits per heavy atom. The van der Waals surface area contributed by atoms with E-state index in [0.29, 0.717) is 43.9 Å². The van der Waals surface area contributed by atoms with Crippen molar-refractivity contribution in [1.29, 1.82) is 5.41 Å². The number of thioether (sulfide) groups is 1. The topological polar surface area (TPSA) is 87.3 Å². The van der Waals surface area contributed by atoms with Gasteiger partial charge in [0.15, 0.2) is 17.3 Å². The van der Waals surface area contributed by atoms with Crippen LogP contribution >= 0.6 is 35.0 Å². The molecule has 0 fully saturated rings. The first kappa shape index (κ1) is 26.0. The van der Waals surface area contributed by atoms with Crippen LogP contribution in [0.3, 0.4) is 0 Å². The van der Waals surface area contributed by atoms with Gasteiger partial charge in [-0.25, -0.2) is 0 Å². The zero-order chi connectivity index (χ0) is 26.8. The fraction of sp³-hybridized carbons (Fsp3) is 0.143. The maximum atomic E-state index is 12.9. The molecule has 0 aromatic heterocycles. The van der Waals surface area contributed by atoms with Crippen LogP contribution in [0.15, 0.2) is 76.3 Å². The summed E-state index contributed by atoms with van der Waals surface area (Å²) in [6, 6.07) is 18.5. The van der Waals surface area contributed by atoms with Crippen LogP contribution in [-0.2, 0) is 11.4 Å². The lowest BCUT2D eigenvalue weighted by atomic mass is 10.1. The summed E-state index contributed by atoms with van der Waals surface area (Å²) in [5.41, 5.74) is 3.70. The Morgan fingerprint density at radius 3 is 2.53 bits per heavy atom. The largest absolute Gasteiger partial charge is 0.490 e. The van der Waals surface area contributed by atoms with Gasteiger partial charge in [0.25, 0.3) is 5.91 Å². The number of aryl methyl sites for hydroxylation is 1. The van der Waals surface area contributed by atoms with Crippen LogP contribution < -0.4 is 9.47 Å². The number of nitrogens with one attached hydrogen (secondary N) is 1. The standard InChI is InChI=1S/C28H22Cl2N4O3S/c1-3-36-24-14-17(7-11-23(24)37-15-18-6-10-21(29)22(30)13-18)12-20-25(31)34-28(32-26(20)35)38-27(33-34)19-8-4-16(2)5-9-19/h4-14,31H,3,15H2,1-2H3/b20-12-,31-25?. The highest BCUT2D eigenvalue weighted by Gasteiger charge is 2.36. The Morgan fingerprint density at radius 1 is 1.00 bits per heavy atom. The molecule has 10 heteroatoms. The van der Waals surface area contributed by atoms with Crippen LogP contribution in [0.4, 0.5) is 0 Å². The number of ether oxygens (including phenoxy) is 2. The Hall–Kier alpha value is -3.59. The van der Waals surface area contributed by atoms with Crippen molar-refractivity contribution in [1.82, 2.24) is 5.01 Å². The molecule has 0 aliphatic carbocycles. The molecule has 1 N–H and O–H groups in total. The first-order valence-electron chi connectivity index (χ1n) is 11.7. The van der Waals surface area contributed by atoms with E-state index in [2.05, 4.69) is 10.1 Å². The molecule has 0 spiro atoms. The molecule has 192 valence electrons. The molecule has 0 saturated carbocycles. The minimum absolute atomic E-state index is 0.0347. The minimum atomic E-state index is -0.494. The van der Waals surface area contributed by atoms with Gasteiger partial charge in [-0.1, -0.05) is 65.2 Å². The monoisotopic (exact) mass is 564 g/mol. The summed E-state index contributed by atoms with van der Waals surface area (Å²) in [7, 11) is 0. The van der Waals surface area contributed by atoms with Gasteiger partial charge in [-0.15, -0.1) is 0 Å². The number of fused-ring (bicyclic) bond motifs is 1. The quantitative estimate of drug-likeness (QED) is 0.314. The highest BCUT2D eigenvalue weighted by atomic mass is 35.5. The third-order valence-corrected chi connectivity index (χ3v) is 7.41. The normalized spacial score (nSPS) is 15.9. The molecule has 2 aliphatic heterocycles. The third-order valence-electron chi connectivity index (χ3n) is 5.71. The number of hydrogen-bond donors (Lipinski definition) is 1. The van der Waals surface area contributed by atoms with Gasteiger partial charge in [0.1, 0.15) is 11.7 Å². The number of benzene rings is 3. The fourth-order valence-corrected chi connectivity index (χ4v) is 4.98. The molecular weight excluding hydrogens is 543 g/mol. The van der Waals surface area contributed by atoms with E-state index in [1.165, 1.54) is 16.8 Å². The number of carbonyl (C=O) groups excluding carboxylic acids is 1. The molecule has 3 aromatic rings. The highest BCUT2D eigenvalue weighted by molar-refractivity contribution is 8.27. The number of amidine groups is 2. The van der Waals surface area contributed by atoms with E-state index in [0.717, 1.165) is 16.7 Å². The van der Waals surface area contributed by atoms with E-state index < -0.39 is 5.91 Å². The third kappa shape index (κ3) is 5.48. The van der Waals surface area contributed by atoms with Gasteiger partial charge in [0.2, 0.25) is 5.17 Å². The molecule has 2 heterocycles. The van der Waals surface area contributed by atoms with Crippen molar-refractivity contribution in [3.63, 3.8) is 0 Å². The molecule has 5 rings (SSSR count).